The number of nitriles is 1. The Morgan fingerprint density at radius 3 is 2.81 bits per heavy atom. The lowest BCUT2D eigenvalue weighted by atomic mass is 9.59. The molecule has 2 nitrogen and oxygen atoms in total. The van der Waals surface area contributed by atoms with Crippen LogP contribution < -0.4 is 5.73 Å². The molecule has 2 aliphatic rings. The number of fused-ring (bicyclic) bond motifs is 1. The van der Waals surface area contributed by atoms with Crippen LogP contribution in [0.15, 0.2) is 10.6 Å². The van der Waals surface area contributed by atoms with Crippen molar-refractivity contribution in [3.8, 4) is 6.07 Å². The Hall–Kier alpha value is -0.620. The van der Waals surface area contributed by atoms with E-state index in [9.17, 15) is 5.26 Å². The van der Waals surface area contributed by atoms with Gasteiger partial charge in [0.2, 0.25) is 0 Å². The molecule has 16 heavy (non-hydrogen) atoms. The number of nitrogens with two attached hydrogens (primary N) is 1. The van der Waals surface area contributed by atoms with Crippen LogP contribution >= 0.6 is 11.8 Å². The quantitative estimate of drug-likeness (QED) is 0.760. The molecule has 0 aromatic rings. The molecule has 2 rings (SSSR count). The Labute approximate surface area is 102 Å². The molecule has 0 bridgehead atoms. The van der Waals surface area contributed by atoms with Gasteiger partial charge in [0.15, 0.2) is 0 Å². The van der Waals surface area contributed by atoms with Gasteiger partial charge >= 0.3 is 0 Å². The van der Waals surface area contributed by atoms with E-state index in [1.54, 1.807) is 11.8 Å². The summed E-state index contributed by atoms with van der Waals surface area (Å²) in [4.78, 5) is 0. The van der Waals surface area contributed by atoms with Crippen molar-refractivity contribution in [2.75, 3.05) is 0 Å². The van der Waals surface area contributed by atoms with Crippen LogP contribution in [-0.4, -0.2) is 5.25 Å². The van der Waals surface area contributed by atoms with E-state index in [0.717, 1.165) is 10.6 Å². The molecule has 3 heteroatoms. The van der Waals surface area contributed by atoms with Gasteiger partial charge in [-0.25, -0.2) is 0 Å². The smallest absolute Gasteiger partial charge is 0.0978 e. The van der Waals surface area contributed by atoms with Crippen molar-refractivity contribution < 1.29 is 0 Å². The minimum Gasteiger partial charge on any atom is -0.393 e. The predicted octanol–water partition coefficient (Wildman–Crippen LogP) is 3.26. The monoisotopic (exact) mass is 236 g/mol. The maximum atomic E-state index is 9.29. The molecule has 3 unspecified atom stereocenters. The van der Waals surface area contributed by atoms with Gasteiger partial charge in [-0.15, -0.1) is 11.8 Å². The maximum Gasteiger partial charge on any atom is 0.0978 e. The number of hydrogen-bond donors (Lipinski definition) is 1. The molecule has 1 aliphatic heterocycles. The predicted molar refractivity (Wildman–Crippen MR) is 68.5 cm³/mol. The second-order valence-electron chi connectivity index (χ2n) is 5.58. The zero-order valence-electron chi connectivity index (χ0n) is 10.3. The number of rotatable bonds is 1. The van der Waals surface area contributed by atoms with Crippen molar-refractivity contribution in [2.45, 2.75) is 45.3 Å². The summed E-state index contributed by atoms with van der Waals surface area (Å²) in [5.74, 6) is 0.992. The van der Waals surface area contributed by atoms with Crippen molar-refractivity contribution >= 4 is 11.8 Å². The Kier molecular flexibility index (Phi) is 2.96. The molecule has 0 aromatic carbocycles. The molecule has 1 fully saturated rings. The summed E-state index contributed by atoms with van der Waals surface area (Å²) in [7, 11) is 0. The summed E-state index contributed by atoms with van der Waals surface area (Å²) in [6, 6.07) is 2.36. The van der Waals surface area contributed by atoms with E-state index in [2.05, 4.69) is 26.8 Å². The summed E-state index contributed by atoms with van der Waals surface area (Å²) in [5, 5.41) is 10.6. The van der Waals surface area contributed by atoms with E-state index in [1.807, 2.05) is 0 Å². The molecule has 0 amide bonds. The summed E-state index contributed by atoms with van der Waals surface area (Å²) < 4.78 is 0. The summed E-state index contributed by atoms with van der Waals surface area (Å²) in [6.07, 6.45) is 3.71. The zero-order chi connectivity index (χ0) is 11.9. The minimum atomic E-state index is 0.252. The Balaban J connectivity index is 2.40. The molecular formula is C13H20N2S. The Bertz CT molecular complexity index is 367. The molecular weight excluding hydrogens is 216 g/mol. The van der Waals surface area contributed by atoms with E-state index >= 15 is 0 Å². The van der Waals surface area contributed by atoms with Crippen LogP contribution in [0, 0.1) is 28.6 Å². The highest BCUT2D eigenvalue weighted by Gasteiger charge is 2.50. The van der Waals surface area contributed by atoms with Crippen LogP contribution in [0.25, 0.3) is 0 Å². The average molecular weight is 236 g/mol. The maximum absolute atomic E-state index is 9.29. The minimum absolute atomic E-state index is 0.252. The normalized spacial score (nSPS) is 38.7. The van der Waals surface area contributed by atoms with Crippen LogP contribution in [-0.2, 0) is 0 Å². The highest BCUT2D eigenvalue weighted by Crippen LogP contribution is 2.57. The molecule has 1 saturated carbocycles. The van der Waals surface area contributed by atoms with Crippen molar-refractivity contribution in [3.05, 3.63) is 10.6 Å². The molecule has 0 aromatic heterocycles. The second-order valence-corrected chi connectivity index (χ2v) is 6.86. The van der Waals surface area contributed by atoms with E-state index in [-0.39, 0.29) is 5.41 Å². The second kappa shape index (κ2) is 4.00. The first-order valence-corrected chi connectivity index (χ1v) is 6.95. The third-order valence-electron chi connectivity index (χ3n) is 4.58. The van der Waals surface area contributed by atoms with Gasteiger partial charge < -0.3 is 5.73 Å². The molecule has 88 valence electrons. The van der Waals surface area contributed by atoms with Gasteiger partial charge in [-0.1, -0.05) is 27.2 Å². The first-order valence-electron chi connectivity index (χ1n) is 6.07. The van der Waals surface area contributed by atoms with E-state index in [1.165, 1.54) is 19.3 Å². The van der Waals surface area contributed by atoms with Gasteiger partial charge in [-0.05, 0) is 24.2 Å². The third-order valence-corrected chi connectivity index (χ3v) is 5.87. The molecule has 0 saturated heterocycles. The first-order chi connectivity index (χ1) is 7.50. The van der Waals surface area contributed by atoms with Gasteiger partial charge in [0.25, 0.3) is 0 Å². The van der Waals surface area contributed by atoms with Gasteiger partial charge in [-0.3, -0.25) is 0 Å². The van der Waals surface area contributed by atoms with Crippen molar-refractivity contribution in [1.29, 1.82) is 5.26 Å². The standard InChI is InChI=1S/C13H20N2S/c1-8(2)13(3)6-4-5-10-11(13)9(7-14)12(15)16-10/h8,10-11H,4-6,15H2,1-3H3. The number of nitrogens with zero attached hydrogens (tertiary/aromatic N) is 1. The molecule has 2 N–H and O–H groups in total. The van der Waals surface area contributed by atoms with E-state index < -0.39 is 0 Å². The number of allylic oxidation sites excluding steroid dienone is 1. The van der Waals surface area contributed by atoms with E-state index in [4.69, 9.17) is 5.73 Å². The summed E-state index contributed by atoms with van der Waals surface area (Å²) in [5.41, 5.74) is 7.11. The SMILES string of the molecule is CC(C)C1(C)CCCC2SC(N)=C(C#N)C21. The lowest BCUT2D eigenvalue weighted by Crippen LogP contribution is -2.41. The summed E-state index contributed by atoms with van der Waals surface area (Å²) >= 11 is 1.74. The number of hydrogen-bond acceptors (Lipinski definition) is 3. The highest BCUT2D eigenvalue weighted by molar-refractivity contribution is 8.03. The van der Waals surface area contributed by atoms with Crippen LogP contribution in [0.5, 0.6) is 0 Å². The van der Waals surface area contributed by atoms with Crippen molar-refractivity contribution in [3.63, 3.8) is 0 Å². The van der Waals surface area contributed by atoms with Crippen LogP contribution in [0.1, 0.15) is 40.0 Å². The van der Waals surface area contributed by atoms with Crippen LogP contribution in [0.2, 0.25) is 0 Å². The third kappa shape index (κ3) is 1.55. The zero-order valence-corrected chi connectivity index (χ0v) is 11.1. The van der Waals surface area contributed by atoms with Crippen LogP contribution in [0.3, 0.4) is 0 Å². The van der Waals surface area contributed by atoms with Crippen molar-refractivity contribution in [1.82, 2.24) is 0 Å². The molecule has 3 atom stereocenters. The Morgan fingerprint density at radius 2 is 2.25 bits per heavy atom. The highest BCUT2D eigenvalue weighted by atomic mass is 32.2. The van der Waals surface area contributed by atoms with Gasteiger partial charge in [0.05, 0.1) is 16.7 Å². The molecule has 0 spiro atoms. The average Bonchev–Trinajstić information content (AvgIpc) is 2.55. The number of thioether (sulfide) groups is 1. The fourth-order valence-corrected chi connectivity index (χ4v) is 4.72. The Morgan fingerprint density at radius 1 is 1.56 bits per heavy atom. The topological polar surface area (TPSA) is 49.8 Å². The van der Waals surface area contributed by atoms with E-state index in [0.29, 0.717) is 17.1 Å². The lowest BCUT2D eigenvalue weighted by molar-refractivity contribution is 0.0928. The van der Waals surface area contributed by atoms with Crippen LogP contribution in [0.4, 0.5) is 0 Å². The largest absolute Gasteiger partial charge is 0.393 e. The fourth-order valence-electron chi connectivity index (χ4n) is 3.23. The van der Waals surface area contributed by atoms with Crippen molar-refractivity contribution in [2.24, 2.45) is 23.0 Å². The molecule has 0 radical (unpaired) electrons. The lowest BCUT2D eigenvalue weighted by Gasteiger charge is -2.46. The van der Waals surface area contributed by atoms with Gasteiger partial charge in [0, 0.05) is 11.2 Å². The molecule has 1 heterocycles. The first kappa shape index (κ1) is 11.9. The van der Waals surface area contributed by atoms with Gasteiger partial charge in [-0.2, -0.15) is 5.26 Å². The molecule has 1 aliphatic carbocycles. The summed E-state index contributed by atoms with van der Waals surface area (Å²) in [6.45, 7) is 6.89. The van der Waals surface area contributed by atoms with Gasteiger partial charge in [0.1, 0.15) is 0 Å². The fraction of sp³-hybridized carbons (Fsp3) is 0.769.